The minimum atomic E-state index is -1.28. The number of nitrogens with one attached hydrogen (secondary N) is 3. The number of carbonyl (C=O) groups is 2. The second-order valence-electron chi connectivity index (χ2n) is 4.66. The number of benzene rings is 1. The summed E-state index contributed by atoms with van der Waals surface area (Å²) in [6.07, 6.45) is 1.32. The summed E-state index contributed by atoms with van der Waals surface area (Å²) in [5, 5.41) is 19.9. The van der Waals surface area contributed by atoms with Crippen molar-refractivity contribution in [3.05, 3.63) is 61.9 Å². The Balaban J connectivity index is 1.85. The summed E-state index contributed by atoms with van der Waals surface area (Å²) < 4.78 is 0. The molecule has 124 valence electrons. The molecule has 10 nitrogen and oxygen atoms in total. The summed E-state index contributed by atoms with van der Waals surface area (Å²) in [7, 11) is 0. The first kappa shape index (κ1) is 16.8. The van der Waals surface area contributed by atoms with Crippen LogP contribution in [0.2, 0.25) is 0 Å². The fourth-order valence-electron chi connectivity index (χ4n) is 1.71. The number of aryl methyl sites for hydroxylation is 1. The third kappa shape index (κ3) is 4.73. The molecule has 0 bridgehead atoms. The number of rotatable bonds is 6. The van der Waals surface area contributed by atoms with E-state index in [0.717, 1.165) is 0 Å². The van der Waals surface area contributed by atoms with E-state index in [1.54, 1.807) is 0 Å². The molecule has 0 saturated carbocycles. The average molecular weight is 330 g/mol. The second kappa shape index (κ2) is 7.63. The van der Waals surface area contributed by atoms with Gasteiger partial charge in [-0.05, 0) is 11.1 Å². The van der Waals surface area contributed by atoms with Crippen molar-refractivity contribution in [2.24, 2.45) is 5.10 Å². The van der Waals surface area contributed by atoms with Crippen molar-refractivity contribution in [3.8, 4) is 0 Å². The minimum Gasteiger partial charge on any atom is -0.545 e. The van der Waals surface area contributed by atoms with Crippen LogP contribution < -0.4 is 21.8 Å². The zero-order valence-corrected chi connectivity index (χ0v) is 12.2. The lowest BCUT2D eigenvalue weighted by Gasteiger charge is -2.02. The van der Waals surface area contributed by atoms with E-state index in [-0.39, 0.29) is 24.1 Å². The summed E-state index contributed by atoms with van der Waals surface area (Å²) in [5.74, 6) is -1.73. The number of carboxylic acids is 1. The van der Waals surface area contributed by atoms with E-state index in [9.17, 15) is 24.3 Å². The van der Waals surface area contributed by atoms with Gasteiger partial charge in [0.2, 0.25) is 5.91 Å². The van der Waals surface area contributed by atoms with Crippen molar-refractivity contribution in [2.45, 2.75) is 12.8 Å². The average Bonchev–Trinajstić information content (AvgIpc) is 2.54. The summed E-state index contributed by atoms with van der Waals surface area (Å²) >= 11 is 0. The largest absolute Gasteiger partial charge is 0.545 e. The van der Waals surface area contributed by atoms with Gasteiger partial charge in [0.05, 0.1) is 12.2 Å². The first-order valence-corrected chi connectivity index (χ1v) is 6.77. The van der Waals surface area contributed by atoms with Gasteiger partial charge in [-0.15, -0.1) is 0 Å². The predicted molar refractivity (Wildman–Crippen MR) is 80.3 cm³/mol. The molecule has 3 N–H and O–H groups in total. The Bertz CT molecular complexity index is 881. The van der Waals surface area contributed by atoms with Gasteiger partial charge in [-0.3, -0.25) is 14.6 Å². The topological polar surface area (TPSA) is 160 Å². The molecular weight excluding hydrogens is 318 g/mol. The maximum absolute atomic E-state index is 11.6. The highest BCUT2D eigenvalue weighted by Crippen LogP contribution is 2.01. The van der Waals surface area contributed by atoms with E-state index in [1.807, 2.05) is 4.98 Å². The van der Waals surface area contributed by atoms with E-state index < -0.39 is 23.1 Å². The van der Waals surface area contributed by atoms with Crippen molar-refractivity contribution >= 4 is 18.1 Å². The normalized spacial score (nSPS) is 10.7. The smallest absolute Gasteiger partial charge is 0.342 e. The Hall–Kier alpha value is -3.56. The fraction of sp³-hybridized carbons (Fsp3) is 0.143. The Kier molecular flexibility index (Phi) is 5.34. The van der Waals surface area contributed by atoms with Crippen molar-refractivity contribution in [1.82, 2.24) is 20.6 Å². The number of nitrogens with zero attached hydrogens (tertiary/aromatic N) is 2. The number of aromatic carboxylic acids is 1. The SMILES string of the molecule is O=C(CCc1n[nH]c(=O)[nH]c1=O)NN=Cc1ccc(C(=O)[O-])cc1. The fourth-order valence-corrected chi connectivity index (χ4v) is 1.71. The van der Waals surface area contributed by atoms with Crippen LogP contribution in [0.5, 0.6) is 0 Å². The Labute approximate surface area is 134 Å². The molecule has 0 aliphatic heterocycles. The van der Waals surface area contributed by atoms with Gasteiger partial charge in [0.1, 0.15) is 5.69 Å². The van der Waals surface area contributed by atoms with Crippen LogP contribution in [0, 0.1) is 0 Å². The van der Waals surface area contributed by atoms with Crippen LogP contribution >= 0.6 is 0 Å². The Morgan fingerprint density at radius 1 is 1.25 bits per heavy atom. The van der Waals surface area contributed by atoms with E-state index >= 15 is 0 Å². The van der Waals surface area contributed by atoms with Gasteiger partial charge in [0.25, 0.3) is 5.56 Å². The van der Waals surface area contributed by atoms with Crippen molar-refractivity contribution in [2.75, 3.05) is 0 Å². The molecule has 1 heterocycles. The second-order valence-corrected chi connectivity index (χ2v) is 4.66. The highest BCUT2D eigenvalue weighted by atomic mass is 16.4. The quantitative estimate of drug-likeness (QED) is 0.406. The molecule has 1 amide bonds. The van der Waals surface area contributed by atoms with E-state index in [2.05, 4.69) is 20.7 Å². The monoisotopic (exact) mass is 330 g/mol. The molecule has 0 saturated heterocycles. The number of amides is 1. The molecule has 10 heteroatoms. The summed E-state index contributed by atoms with van der Waals surface area (Å²) in [6, 6.07) is 5.72. The number of hydrogen-bond donors (Lipinski definition) is 3. The van der Waals surface area contributed by atoms with Crippen LogP contribution in [-0.2, 0) is 11.2 Å². The molecule has 1 aromatic carbocycles. The summed E-state index contributed by atoms with van der Waals surface area (Å²) in [5.41, 5.74) is 1.54. The summed E-state index contributed by atoms with van der Waals surface area (Å²) in [6.45, 7) is 0. The van der Waals surface area contributed by atoms with Gasteiger partial charge in [0, 0.05) is 12.8 Å². The van der Waals surface area contributed by atoms with Crippen LogP contribution in [-0.4, -0.2) is 33.3 Å². The molecule has 2 aromatic rings. The standard InChI is InChI=1S/C14H13N5O5/c20-11(6-5-10-12(21)16-14(24)19-17-10)18-15-7-8-1-3-9(4-2-8)13(22)23/h1-4,7H,5-6H2,(H,18,20)(H,22,23)(H2,16,19,21,24)/p-1. The van der Waals surface area contributed by atoms with Gasteiger partial charge in [0.15, 0.2) is 0 Å². The first-order valence-electron chi connectivity index (χ1n) is 6.77. The number of hydrazone groups is 1. The van der Waals surface area contributed by atoms with Crippen molar-refractivity contribution in [1.29, 1.82) is 0 Å². The van der Waals surface area contributed by atoms with Gasteiger partial charge in [-0.25, -0.2) is 15.3 Å². The third-order valence-electron chi connectivity index (χ3n) is 2.92. The molecule has 0 fully saturated rings. The van der Waals surface area contributed by atoms with Crippen LogP contribution in [0.25, 0.3) is 0 Å². The summed E-state index contributed by atoms with van der Waals surface area (Å²) in [4.78, 5) is 46.4. The number of aromatic amines is 2. The van der Waals surface area contributed by atoms with Crippen molar-refractivity contribution in [3.63, 3.8) is 0 Å². The van der Waals surface area contributed by atoms with Crippen LogP contribution in [0.3, 0.4) is 0 Å². The minimum absolute atomic E-state index is 0.0339. The maximum atomic E-state index is 11.6. The lowest BCUT2D eigenvalue weighted by Crippen LogP contribution is -2.28. The van der Waals surface area contributed by atoms with Crippen molar-refractivity contribution < 1.29 is 14.7 Å². The van der Waals surface area contributed by atoms with E-state index in [0.29, 0.717) is 5.56 Å². The lowest BCUT2D eigenvalue weighted by molar-refractivity contribution is -0.255. The zero-order valence-electron chi connectivity index (χ0n) is 12.2. The highest BCUT2D eigenvalue weighted by molar-refractivity contribution is 5.88. The molecule has 24 heavy (non-hydrogen) atoms. The van der Waals surface area contributed by atoms with E-state index in [1.165, 1.54) is 30.5 Å². The number of carbonyl (C=O) groups excluding carboxylic acids is 2. The molecule has 0 aliphatic carbocycles. The molecule has 2 rings (SSSR count). The third-order valence-corrected chi connectivity index (χ3v) is 2.92. The molecule has 0 radical (unpaired) electrons. The Morgan fingerprint density at radius 3 is 2.58 bits per heavy atom. The predicted octanol–water partition coefficient (Wildman–Crippen LogP) is -2.10. The number of hydrogen-bond acceptors (Lipinski definition) is 7. The van der Waals surface area contributed by atoms with E-state index in [4.69, 9.17) is 0 Å². The Morgan fingerprint density at radius 2 is 1.96 bits per heavy atom. The molecule has 1 aromatic heterocycles. The van der Waals surface area contributed by atoms with Gasteiger partial charge >= 0.3 is 5.69 Å². The van der Waals surface area contributed by atoms with Crippen LogP contribution in [0.1, 0.15) is 28.0 Å². The maximum Gasteiger partial charge on any atom is 0.342 e. The van der Waals surface area contributed by atoms with Gasteiger partial charge in [-0.1, -0.05) is 24.3 Å². The van der Waals surface area contributed by atoms with Gasteiger partial charge in [-0.2, -0.15) is 10.2 Å². The molecule has 0 aliphatic rings. The lowest BCUT2D eigenvalue weighted by atomic mass is 10.1. The van der Waals surface area contributed by atoms with Gasteiger partial charge < -0.3 is 9.90 Å². The first-order chi connectivity index (χ1) is 11.5. The molecule has 0 unspecified atom stereocenters. The van der Waals surface area contributed by atoms with Crippen LogP contribution in [0.4, 0.5) is 0 Å². The number of carboxylic acid groups (broad SMARTS) is 1. The molecule has 0 atom stereocenters. The molecular formula is C14H12N5O5-. The van der Waals surface area contributed by atoms with Crippen LogP contribution in [0.15, 0.2) is 39.0 Å². The number of H-pyrrole nitrogens is 2. The molecule has 0 spiro atoms. The zero-order chi connectivity index (χ0) is 17.5. The highest BCUT2D eigenvalue weighted by Gasteiger charge is 2.06. The number of aromatic nitrogens is 3.